The quantitative estimate of drug-likeness (QED) is 0.707. The standard InChI is InChI=1S/C23H18N2O3/c1-27-22-12-16(11-10-15(22)13-24)25-23(26)28-14-21-19-8-4-2-6-17(19)18-7-3-5-9-20(18)21/h2-12,21H,14H2,1H3,(H,25,26). The number of amides is 1. The van der Waals surface area contributed by atoms with Crippen LogP contribution in [0.1, 0.15) is 22.6 Å². The Hall–Kier alpha value is -3.78. The van der Waals surface area contributed by atoms with Crippen molar-refractivity contribution in [2.45, 2.75) is 5.92 Å². The molecule has 0 unspecified atom stereocenters. The highest BCUT2D eigenvalue weighted by Crippen LogP contribution is 2.44. The van der Waals surface area contributed by atoms with E-state index in [1.165, 1.54) is 18.2 Å². The van der Waals surface area contributed by atoms with Crippen molar-refractivity contribution in [2.75, 3.05) is 19.0 Å². The third-order valence-electron chi connectivity index (χ3n) is 4.91. The normalized spacial score (nSPS) is 11.9. The second-order valence-electron chi connectivity index (χ2n) is 6.48. The van der Waals surface area contributed by atoms with Gasteiger partial charge in [0.1, 0.15) is 18.4 Å². The first-order chi connectivity index (χ1) is 13.7. The molecule has 0 radical (unpaired) electrons. The van der Waals surface area contributed by atoms with Gasteiger partial charge in [0.25, 0.3) is 0 Å². The molecule has 0 heterocycles. The minimum Gasteiger partial charge on any atom is -0.495 e. The van der Waals surface area contributed by atoms with Gasteiger partial charge in [0, 0.05) is 17.7 Å². The predicted octanol–water partition coefficient (Wildman–Crippen LogP) is 4.93. The van der Waals surface area contributed by atoms with Crippen LogP contribution < -0.4 is 10.1 Å². The summed E-state index contributed by atoms with van der Waals surface area (Å²) in [4.78, 5) is 12.3. The van der Waals surface area contributed by atoms with Crippen molar-refractivity contribution in [3.05, 3.63) is 83.4 Å². The van der Waals surface area contributed by atoms with E-state index in [-0.39, 0.29) is 12.5 Å². The molecule has 1 amide bonds. The first-order valence-corrected chi connectivity index (χ1v) is 8.91. The summed E-state index contributed by atoms with van der Waals surface area (Å²) < 4.78 is 10.7. The van der Waals surface area contributed by atoms with Gasteiger partial charge in [-0.2, -0.15) is 5.26 Å². The second kappa shape index (κ2) is 7.45. The Morgan fingerprint density at radius 3 is 2.29 bits per heavy atom. The van der Waals surface area contributed by atoms with Crippen LogP contribution in [0.25, 0.3) is 11.1 Å². The van der Waals surface area contributed by atoms with Gasteiger partial charge in [-0.3, -0.25) is 5.32 Å². The molecule has 3 aromatic carbocycles. The number of carbonyl (C=O) groups excluding carboxylic acids is 1. The molecule has 1 aliphatic rings. The van der Waals surface area contributed by atoms with Gasteiger partial charge in [-0.1, -0.05) is 48.5 Å². The number of nitrogens with one attached hydrogen (secondary N) is 1. The number of fused-ring (bicyclic) bond motifs is 3. The lowest BCUT2D eigenvalue weighted by atomic mass is 9.98. The summed E-state index contributed by atoms with van der Waals surface area (Å²) in [6.07, 6.45) is -0.548. The van der Waals surface area contributed by atoms with Crippen molar-refractivity contribution in [3.63, 3.8) is 0 Å². The van der Waals surface area contributed by atoms with E-state index in [9.17, 15) is 4.79 Å². The average molecular weight is 370 g/mol. The average Bonchev–Trinajstić information content (AvgIpc) is 3.06. The summed E-state index contributed by atoms with van der Waals surface area (Å²) in [5, 5.41) is 11.7. The Morgan fingerprint density at radius 2 is 1.68 bits per heavy atom. The van der Waals surface area contributed by atoms with Gasteiger partial charge in [-0.25, -0.2) is 4.79 Å². The Labute approximate surface area is 163 Å². The molecule has 5 nitrogen and oxygen atoms in total. The first-order valence-electron chi connectivity index (χ1n) is 8.91. The molecular formula is C23H18N2O3. The van der Waals surface area contributed by atoms with Crippen molar-refractivity contribution in [1.29, 1.82) is 5.26 Å². The molecule has 0 fully saturated rings. The lowest BCUT2D eigenvalue weighted by molar-refractivity contribution is 0.158. The van der Waals surface area contributed by atoms with Crippen molar-refractivity contribution in [2.24, 2.45) is 0 Å². The Bertz CT molecular complexity index is 1040. The summed E-state index contributed by atoms with van der Waals surface area (Å²) in [6, 6.07) is 23.3. The predicted molar refractivity (Wildman–Crippen MR) is 106 cm³/mol. The molecular weight excluding hydrogens is 352 g/mol. The van der Waals surface area contributed by atoms with Crippen LogP contribution in [0.2, 0.25) is 0 Å². The van der Waals surface area contributed by atoms with E-state index < -0.39 is 6.09 Å². The molecule has 0 atom stereocenters. The second-order valence-corrected chi connectivity index (χ2v) is 6.48. The SMILES string of the molecule is COc1cc(NC(=O)OCC2c3ccccc3-c3ccccc32)ccc1C#N. The number of methoxy groups -OCH3 is 1. The number of rotatable bonds is 4. The van der Waals surface area contributed by atoms with Crippen molar-refractivity contribution < 1.29 is 14.3 Å². The molecule has 0 saturated carbocycles. The summed E-state index contributed by atoms with van der Waals surface area (Å²) in [5.74, 6) is 0.410. The van der Waals surface area contributed by atoms with Crippen LogP contribution in [0.5, 0.6) is 5.75 Å². The lowest BCUT2D eigenvalue weighted by Crippen LogP contribution is -2.18. The fraction of sp³-hybridized carbons (Fsp3) is 0.130. The fourth-order valence-electron chi connectivity index (χ4n) is 3.61. The van der Waals surface area contributed by atoms with Crippen LogP contribution in [0.3, 0.4) is 0 Å². The molecule has 1 aliphatic carbocycles. The van der Waals surface area contributed by atoms with Gasteiger partial charge in [0.2, 0.25) is 0 Å². The molecule has 5 heteroatoms. The third kappa shape index (κ3) is 3.17. The lowest BCUT2D eigenvalue weighted by Gasteiger charge is -2.15. The first kappa shape index (κ1) is 17.6. The van der Waals surface area contributed by atoms with Gasteiger partial charge in [0.15, 0.2) is 0 Å². The number of anilines is 1. The highest BCUT2D eigenvalue weighted by Gasteiger charge is 2.29. The number of ether oxygens (including phenoxy) is 2. The Kier molecular flexibility index (Phi) is 4.69. The summed E-state index contributed by atoms with van der Waals surface area (Å²) in [7, 11) is 1.48. The van der Waals surface area contributed by atoms with Gasteiger partial charge < -0.3 is 9.47 Å². The molecule has 28 heavy (non-hydrogen) atoms. The summed E-state index contributed by atoms with van der Waals surface area (Å²) >= 11 is 0. The summed E-state index contributed by atoms with van der Waals surface area (Å²) in [6.45, 7) is 0.243. The van der Waals surface area contributed by atoms with E-state index in [1.807, 2.05) is 30.3 Å². The Morgan fingerprint density at radius 1 is 1.04 bits per heavy atom. The largest absolute Gasteiger partial charge is 0.495 e. The third-order valence-corrected chi connectivity index (χ3v) is 4.91. The van der Waals surface area contributed by atoms with Crippen molar-refractivity contribution in [1.82, 2.24) is 0 Å². The van der Waals surface area contributed by atoms with Gasteiger partial charge >= 0.3 is 6.09 Å². The van der Waals surface area contributed by atoms with Crippen LogP contribution >= 0.6 is 0 Å². The van der Waals surface area contributed by atoms with Crippen LogP contribution in [-0.4, -0.2) is 19.8 Å². The summed E-state index contributed by atoms with van der Waals surface area (Å²) in [5.41, 5.74) is 5.61. The zero-order valence-electron chi connectivity index (χ0n) is 15.3. The van der Waals surface area contributed by atoms with E-state index in [0.717, 1.165) is 11.1 Å². The molecule has 0 bridgehead atoms. The molecule has 0 saturated heterocycles. The number of nitriles is 1. The van der Waals surface area contributed by atoms with Crippen molar-refractivity contribution >= 4 is 11.8 Å². The van der Waals surface area contributed by atoms with Crippen LogP contribution in [0.15, 0.2) is 66.7 Å². The number of nitrogens with zero attached hydrogens (tertiary/aromatic N) is 1. The molecule has 138 valence electrons. The van der Waals surface area contributed by atoms with E-state index in [1.54, 1.807) is 18.2 Å². The minimum atomic E-state index is -0.548. The zero-order chi connectivity index (χ0) is 19.5. The van der Waals surface area contributed by atoms with E-state index in [4.69, 9.17) is 14.7 Å². The van der Waals surface area contributed by atoms with Crippen molar-refractivity contribution in [3.8, 4) is 22.9 Å². The molecule has 0 spiro atoms. The van der Waals surface area contributed by atoms with Crippen LogP contribution in [0.4, 0.5) is 10.5 Å². The molecule has 0 aromatic heterocycles. The highest BCUT2D eigenvalue weighted by atomic mass is 16.5. The monoisotopic (exact) mass is 370 g/mol. The van der Waals surface area contributed by atoms with E-state index in [0.29, 0.717) is 17.0 Å². The molecule has 4 rings (SSSR count). The smallest absolute Gasteiger partial charge is 0.411 e. The van der Waals surface area contributed by atoms with Gasteiger partial charge in [0.05, 0.1) is 12.7 Å². The Balaban J connectivity index is 1.48. The fourth-order valence-corrected chi connectivity index (χ4v) is 3.61. The van der Waals surface area contributed by atoms with Crippen LogP contribution in [0, 0.1) is 11.3 Å². The highest BCUT2D eigenvalue weighted by molar-refractivity contribution is 5.85. The minimum absolute atomic E-state index is 0.00801. The number of carbonyl (C=O) groups is 1. The zero-order valence-corrected chi connectivity index (χ0v) is 15.3. The van der Waals surface area contributed by atoms with Gasteiger partial charge in [-0.15, -0.1) is 0 Å². The maximum absolute atomic E-state index is 12.3. The van der Waals surface area contributed by atoms with Gasteiger partial charge in [-0.05, 0) is 34.4 Å². The number of hydrogen-bond acceptors (Lipinski definition) is 4. The molecule has 0 aliphatic heterocycles. The van der Waals surface area contributed by atoms with Crippen LogP contribution in [-0.2, 0) is 4.74 Å². The maximum Gasteiger partial charge on any atom is 0.411 e. The maximum atomic E-state index is 12.3. The topological polar surface area (TPSA) is 71.3 Å². The molecule has 1 N–H and O–H groups in total. The number of hydrogen-bond donors (Lipinski definition) is 1. The van der Waals surface area contributed by atoms with E-state index >= 15 is 0 Å². The molecule has 3 aromatic rings. The van der Waals surface area contributed by atoms with E-state index in [2.05, 4.69) is 29.6 Å². The number of benzene rings is 3.